The SMILES string of the molecule is CCn1nc(C)c(-c2cc(C(=O)N3CC(N4CC(F)(F)C[C@H]4CO)C3)no2)c1C. The summed E-state index contributed by atoms with van der Waals surface area (Å²) in [6.07, 6.45) is -0.343. The van der Waals surface area contributed by atoms with Crippen molar-refractivity contribution in [3.8, 4) is 11.3 Å². The van der Waals surface area contributed by atoms with E-state index in [2.05, 4.69) is 10.3 Å². The van der Waals surface area contributed by atoms with Gasteiger partial charge < -0.3 is 14.5 Å². The lowest BCUT2D eigenvalue weighted by Crippen LogP contribution is -2.62. The molecular weight excluding hydrogens is 384 g/mol. The number of aliphatic hydroxyl groups excluding tert-OH is 1. The fourth-order valence-corrected chi connectivity index (χ4v) is 4.37. The highest BCUT2D eigenvalue weighted by molar-refractivity contribution is 5.93. The smallest absolute Gasteiger partial charge is 0.276 e. The first kappa shape index (κ1) is 20.0. The number of likely N-dealkylation sites (tertiary alicyclic amines) is 2. The molecule has 2 saturated heterocycles. The third-order valence-corrected chi connectivity index (χ3v) is 5.90. The van der Waals surface area contributed by atoms with Crippen molar-refractivity contribution in [2.24, 2.45) is 0 Å². The summed E-state index contributed by atoms with van der Waals surface area (Å²) in [6.45, 7) is 6.52. The second kappa shape index (κ2) is 7.17. The van der Waals surface area contributed by atoms with Gasteiger partial charge in [-0.1, -0.05) is 5.16 Å². The summed E-state index contributed by atoms with van der Waals surface area (Å²) in [4.78, 5) is 15.9. The quantitative estimate of drug-likeness (QED) is 0.809. The van der Waals surface area contributed by atoms with E-state index in [9.17, 15) is 18.7 Å². The van der Waals surface area contributed by atoms with Gasteiger partial charge in [0.05, 0.1) is 24.4 Å². The topological polar surface area (TPSA) is 87.6 Å². The van der Waals surface area contributed by atoms with Gasteiger partial charge in [0.25, 0.3) is 11.8 Å². The molecule has 2 aromatic rings. The molecule has 0 aromatic carbocycles. The zero-order valence-corrected chi connectivity index (χ0v) is 16.7. The lowest BCUT2D eigenvalue weighted by molar-refractivity contribution is -0.0127. The predicted octanol–water partition coefficient (Wildman–Crippen LogP) is 1.70. The van der Waals surface area contributed by atoms with Gasteiger partial charge in [-0.3, -0.25) is 14.4 Å². The van der Waals surface area contributed by atoms with Crippen LogP contribution < -0.4 is 0 Å². The van der Waals surface area contributed by atoms with Gasteiger partial charge in [-0.2, -0.15) is 5.10 Å². The first-order valence-electron chi connectivity index (χ1n) is 9.79. The number of alkyl halides is 2. The second-order valence-corrected chi connectivity index (χ2v) is 7.87. The number of rotatable bonds is 5. The fraction of sp³-hybridized carbons (Fsp3) is 0.632. The Morgan fingerprint density at radius 3 is 2.72 bits per heavy atom. The van der Waals surface area contributed by atoms with E-state index in [0.717, 1.165) is 23.5 Å². The maximum atomic E-state index is 13.7. The molecule has 4 rings (SSSR count). The molecule has 2 aliphatic rings. The zero-order valence-electron chi connectivity index (χ0n) is 16.7. The molecule has 10 heteroatoms. The highest BCUT2D eigenvalue weighted by atomic mass is 19.3. The molecule has 29 heavy (non-hydrogen) atoms. The van der Waals surface area contributed by atoms with Gasteiger partial charge in [-0.25, -0.2) is 8.78 Å². The van der Waals surface area contributed by atoms with Crippen molar-refractivity contribution in [1.82, 2.24) is 24.7 Å². The normalized spacial score (nSPS) is 22.3. The number of aliphatic hydroxyl groups is 1. The van der Waals surface area contributed by atoms with E-state index in [1.807, 2.05) is 25.5 Å². The van der Waals surface area contributed by atoms with Gasteiger partial charge in [0.1, 0.15) is 0 Å². The van der Waals surface area contributed by atoms with Crippen molar-refractivity contribution in [1.29, 1.82) is 0 Å². The van der Waals surface area contributed by atoms with E-state index in [1.54, 1.807) is 15.9 Å². The van der Waals surface area contributed by atoms with Crippen molar-refractivity contribution in [2.45, 2.75) is 51.7 Å². The number of carbonyl (C=O) groups is 1. The van der Waals surface area contributed by atoms with Crippen LogP contribution in [0, 0.1) is 13.8 Å². The Kier molecular flexibility index (Phi) is 4.94. The number of carbonyl (C=O) groups excluding carboxylic acids is 1. The lowest BCUT2D eigenvalue weighted by Gasteiger charge is -2.45. The number of amides is 1. The fourth-order valence-electron chi connectivity index (χ4n) is 4.37. The number of aromatic nitrogens is 3. The largest absolute Gasteiger partial charge is 0.395 e. The molecule has 2 aliphatic heterocycles. The number of hydrogen-bond acceptors (Lipinski definition) is 6. The number of halogens is 2. The average Bonchev–Trinajstić information content (AvgIpc) is 3.29. The molecule has 0 aliphatic carbocycles. The summed E-state index contributed by atoms with van der Waals surface area (Å²) in [7, 11) is 0. The maximum absolute atomic E-state index is 13.7. The Labute approximate surface area is 167 Å². The molecule has 0 spiro atoms. The van der Waals surface area contributed by atoms with Crippen molar-refractivity contribution in [2.75, 3.05) is 26.2 Å². The highest BCUT2D eigenvalue weighted by Gasteiger charge is 2.50. The van der Waals surface area contributed by atoms with Gasteiger partial charge in [-0.15, -0.1) is 0 Å². The van der Waals surface area contributed by atoms with Crippen LogP contribution in [0.1, 0.15) is 35.2 Å². The maximum Gasteiger partial charge on any atom is 0.276 e. The summed E-state index contributed by atoms with van der Waals surface area (Å²) >= 11 is 0. The van der Waals surface area contributed by atoms with Gasteiger partial charge in [0.15, 0.2) is 11.5 Å². The van der Waals surface area contributed by atoms with Gasteiger partial charge >= 0.3 is 0 Å². The first-order valence-corrected chi connectivity index (χ1v) is 9.79. The van der Waals surface area contributed by atoms with E-state index < -0.39 is 12.0 Å². The number of aryl methyl sites for hydroxylation is 2. The van der Waals surface area contributed by atoms with Crippen LogP contribution in [-0.4, -0.2) is 80.0 Å². The molecule has 158 valence electrons. The molecule has 2 fully saturated rings. The third kappa shape index (κ3) is 3.44. The minimum absolute atomic E-state index is 0.178. The molecule has 1 N–H and O–H groups in total. The van der Waals surface area contributed by atoms with E-state index >= 15 is 0 Å². The summed E-state index contributed by atoms with van der Waals surface area (Å²) in [5.74, 6) is -2.60. The molecule has 0 saturated carbocycles. The van der Waals surface area contributed by atoms with Crippen LogP contribution in [0.3, 0.4) is 0 Å². The zero-order chi connectivity index (χ0) is 20.9. The van der Waals surface area contributed by atoms with Crippen LogP contribution in [0.2, 0.25) is 0 Å². The molecular formula is C19H25F2N5O3. The molecule has 4 heterocycles. The molecule has 1 atom stereocenters. The molecule has 0 unspecified atom stereocenters. The van der Waals surface area contributed by atoms with Crippen LogP contribution in [0.25, 0.3) is 11.3 Å². The van der Waals surface area contributed by atoms with Crippen molar-refractivity contribution in [3.05, 3.63) is 23.1 Å². The Morgan fingerprint density at radius 1 is 1.38 bits per heavy atom. The van der Waals surface area contributed by atoms with Gasteiger partial charge in [-0.05, 0) is 20.8 Å². The van der Waals surface area contributed by atoms with E-state index in [1.165, 1.54) is 0 Å². The summed E-state index contributed by atoms with van der Waals surface area (Å²) in [6, 6.07) is 0.864. The van der Waals surface area contributed by atoms with Crippen LogP contribution >= 0.6 is 0 Å². The van der Waals surface area contributed by atoms with Crippen molar-refractivity contribution < 1.29 is 23.2 Å². The van der Waals surface area contributed by atoms with Crippen LogP contribution in [-0.2, 0) is 6.54 Å². The standard InChI is InChI=1S/C19H25F2N5O3/c1-4-26-12(3)17(11(2)22-26)16-5-15(23-29-16)18(28)24-7-14(8-24)25-10-19(20,21)6-13(25)9-27/h5,13-14,27H,4,6-10H2,1-3H3/t13-/m0/s1. The van der Waals surface area contributed by atoms with Crippen molar-refractivity contribution in [3.63, 3.8) is 0 Å². The Bertz CT molecular complexity index is 919. The predicted molar refractivity (Wildman–Crippen MR) is 99.7 cm³/mol. The Morgan fingerprint density at radius 2 is 2.10 bits per heavy atom. The second-order valence-electron chi connectivity index (χ2n) is 7.87. The average molecular weight is 409 g/mol. The number of nitrogens with zero attached hydrogens (tertiary/aromatic N) is 5. The summed E-state index contributed by atoms with van der Waals surface area (Å²) in [5, 5.41) is 17.7. The van der Waals surface area contributed by atoms with E-state index in [-0.39, 0.29) is 37.2 Å². The van der Waals surface area contributed by atoms with E-state index in [4.69, 9.17) is 4.52 Å². The molecule has 2 aromatic heterocycles. The molecule has 0 bridgehead atoms. The van der Waals surface area contributed by atoms with Gasteiger partial charge in [0.2, 0.25) is 0 Å². The minimum atomic E-state index is -2.79. The first-order chi connectivity index (χ1) is 13.7. The van der Waals surface area contributed by atoms with Crippen LogP contribution in [0.4, 0.5) is 8.78 Å². The van der Waals surface area contributed by atoms with Crippen molar-refractivity contribution >= 4 is 5.91 Å². The van der Waals surface area contributed by atoms with Crippen LogP contribution in [0.5, 0.6) is 0 Å². The minimum Gasteiger partial charge on any atom is -0.395 e. The van der Waals surface area contributed by atoms with E-state index in [0.29, 0.717) is 18.8 Å². The lowest BCUT2D eigenvalue weighted by atomic mass is 10.0. The Balaban J connectivity index is 1.43. The Hall–Kier alpha value is -2.33. The molecule has 0 radical (unpaired) electrons. The van der Waals surface area contributed by atoms with Crippen LogP contribution in [0.15, 0.2) is 10.6 Å². The molecule has 8 nitrogen and oxygen atoms in total. The highest BCUT2D eigenvalue weighted by Crippen LogP contribution is 2.35. The monoisotopic (exact) mass is 409 g/mol. The summed E-state index contributed by atoms with van der Waals surface area (Å²) in [5.41, 5.74) is 2.75. The number of hydrogen-bond donors (Lipinski definition) is 1. The van der Waals surface area contributed by atoms with Gasteiger partial charge in [0, 0.05) is 49.9 Å². The molecule has 1 amide bonds. The summed E-state index contributed by atoms with van der Waals surface area (Å²) < 4.78 is 34.6. The third-order valence-electron chi connectivity index (χ3n) is 5.90.